The predicted molar refractivity (Wildman–Crippen MR) is 65.4 cm³/mol. The molecule has 84 valence electrons. The molecule has 3 rings (SSSR count). The minimum Gasteiger partial charge on any atom is -0.306 e. The van der Waals surface area contributed by atoms with E-state index in [1.54, 1.807) is 10.7 Å². The average Bonchev–Trinajstić information content (AvgIpc) is 2.67. The van der Waals surface area contributed by atoms with Crippen LogP contribution in [0.3, 0.4) is 0 Å². The normalized spacial score (nSPS) is 14.5. The second-order valence-electron chi connectivity index (χ2n) is 3.69. The minimum atomic E-state index is 0.751. The highest BCUT2D eigenvalue weighted by molar-refractivity contribution is 5.67. The molecule has 17 heavy (non-hydrogen) atoms. The molecular formula is C12H11N5. The quantitative estimate of drug-likeness (QED) is 0.743. The van der Waals surface area contributed by atoms with Crippen molar-refractivity contribution < 1.29 is 0 Å². The van der Waals surface area contributed by atoms with Gasteiger partial charge in [-0.1, -0.05) is 12.2 Å². The maximum atomic E-state index is 4.42. The summed E-state index contributed by atoms with van der Waals surface area (Å²) >= 11 is 0. The highest BCUT2D eigenvalue weighted by atomic mass is 15.3. The number of allylic oxidation sites excluding steroid dienone is 4. The molecular weight excluding hydrogens is 214 g/mol. The summed E-state index contributed by atoms with van der Waals surface area (Å²) in [4.78, 5) is 10.6. The van der Waals surface area contributed by atoms with Crippen LogP contribution in [-0.4, -0.2) is 19.6 Å². The van der Waals surface area contributed by atoms with E-state index in [9.17, 15) is 0 Å². The molecule has 0 N–H and O–H groups in total. The van der Waals surface area contributed by atoms with Gasteiger partial charge in [-0.3, -0.25) is 0 Å². The Bertz CT molecular complexity index is 619. The van der Waals surface area contributed by atoms with Crippen molar-refractivity contribution in [3.8, 4) is 0 Å². The topological polar surface area (TPSA) is 46.3 Å². The molecule has 0 aromatic carbocycles. The van der Waals surface area contributed by atoms with Gasteiger partial charge in [-0.05, 0) is 19.1 Å². The number of aryl methyl sites for hydroxylation is 1. The molecule has 0 saturated heterocycles. The third-order valence-corrected chi connectivity index (χ3v) is 2.53. The van der Waals surface area contributed by atoms with E-state index in [1.807, 2.05) is 48.5 Å². The van der Waals surface area contributed by atoms with Gasteiger partial charge in [0, 0.05) is 12.4 Å². The number of nitrogens with zero attached hydrogens (tertiary/aromatic N) is 5. The Labute approximate surface area is 98.4 Å². The largest absolute Gasteiger partial charge is 0.306 e. The van der Waals surface area contributed by atoms with Crippen LogP contribution in [0.25, 0.3) is 5.65 Å². The number of anilines is 1. The van der Waals surface area contributed by atoms with E-state index >= 15 is 0 Å². The number of hydrogen-bond acceptors (Lipinski definition) is 4. The maximum Gasteiger partial charge on any atom is 0.199 e. The Morgan fingerprint density at radius 2 is 1.76 bits per heavy atom. The third kappa shape index (κ3) is 1.61. The van der Waals surface area contributed by atoms with Crippen molar-refractivity contribution in [2.24, 2.45) is 0 Å². The molecule has 0 aliphatic carbocycles. The molecule has 0 saturated carbocycles. The van der Waals surface area contributed by atoms with E-state index < -0.39 is 0 Å². The summed E-state index contributed by atoms with van der Waals surface area (Å²) in [6.45, 7) is 1.95. The zero-order valence-corrected chi connectivity index (χ0v) is 9.35. The van der Waals surface area contributed by atoms with Gasteiger partial charge in [0.1, 0.15) is 6.33 Å². The fraction of sp³-hybridized carbons (Fsp3) is 0.0833. The summed E-state index contributed by atoms with van der Waals surface area (Å²) in [5.41, 5.74) is 1.71. The van der Waals surface area contributed by atoms with E-state index in [4.69, 9.17) is 0 Å². The van der Waals surface area contributed by atoms with E-state index in [0.717, 1.165) is 17.2 Å². The van der Waals surface area contributed by atoms with Crippen LogP contribution in [0.1, 0.15) is 5.69 Å². The molecule has 0 unspecified atom stereocenters. The van der Waals surface area contributed by atoms with Gasteiger partial charge in [-0.15, -0.1) is 0 Å². The molecule has 0 amide bonds. The summed E-state index contributed by atoms with van der Waals surface area (Å²) in [5.74, 6) is 0.768. The first-order valence-electron chi connectivity index (χ1n) is 5.31. The lowest BCUT2D eigenvalue weighted by Crippen LogP contribution is -2.11. The van der Waals surface area contributed by atoms with Gasteiger partial charge < -0.3 is 4.90 Å². The van der Waals surface area contributed by atoms with Crippen molar-refractivity contribution in [2.75, 3.05) is 4.90 Å². The van der Waals surface area contributed by atoms with E-state index in [0.29, 0.717) is 0 Å². The SMILES string of the molecule is Cc1cnc(N2C=CC=CC=C2)c2ncnn12. The van der Waals surface area contributed by atoms with Gasteiger partial charge in [0.05, 0.1) is 11.9 Å². The van der Waals surface area contributed by atoms with Crippen LogP contribution >= 0.6 is 0 Å². The highest BCUT2D eigenvalue weighted by Crippen LogP contribution is 2.19. The zero-order valence-electron chi connectivity index (χ0n) is 9.35. The molecule has 0 bridgehead atoms. The lowest BCUT2D eigenvalue weighted by atomic mass is 10.4. The van der Waals surface area contributed by atoms with Gasteiger partial charge >= 0.3 is 0 Å². The Morgan fingerprint density at radius 1 is 1.00 bits per heavy atom. The Kier molecular flexibility index (Phi) is 2.22. The first-order valence-corrected chi connectivity index (χ1v) is 5.31. The first-order chi connectivity index (χ1) is 8.36. The minimum absolute atomic E-state index is 0.751. The van der Waals surface area contributed by atoms with E-state index in [1.165, 1.54) is 6.33 Å². The van der Waals surface area contributed by atoms with Crippen molar-refractivity contribution in [1.82, 2.24) is 19.6 Å². The van der Waals surface area contributed by atoms with Gasteiger partial charge in [0.2, 0.25) is 0 Å². The van der Waals surface area contributed by atoms with Crippen LogP contribution in [0.4, 0.5) is 5.82 Å². The van der Waals surface area contributed by atoms with Crippen LogP contribution in [0.5, 0.6) is 0 Å². The molecule has 0 radical (unpaired) electrons. The van der Waals surface area contributed by atoms with Gasteiger partial charge in [0.15, 0.2) is 11.5 Å². The summed E-state index contributed by atoms with van der Waals surface area (Å²) in [7, 11) is 0. The monoisotopic (exact) mass is 225 g/mol. The average molecular weight is 225 g/mol. The van der Waals surface area contributed by atoms with E-state index in [-0.39, 0.29) is 0 Å². The number of aromatic nitrogens is 4. The second-order valence-corrected chi connectivity index (χ2v) is 3.69. The number of rotatable bonds is 1. The fourth-order valence-corrected chi connectivity index (χ4v) is 1.71. The summed E-state index contributed by atoms with van der Waals surface area (Å²) in [5, 5.41) is 4.17. The maximum absolute atomic E-state index is 4.42. The van der Waals surface area contributed by atoms with Crippen LogP contribution < -0.4 is 4.90 Å². The van der Waals surface area contributed by atoms with Crippen LogP contribution in [0, 0.1) is 6.92 Å². The molecule has 0 atom stereocenters. The van der Waals surface area contributed by atoms with Crippen LogP contribution in [-0.2, 0) is 0 Å². The molecule has 0 spiro atoms. The molecule has 5 nitrogen and oxygen atoms in total. The smallest absolute Gasteiger partial charge is 0.199 e. The highest BCUT2D eigenvalue weighted by Gasteiger charge is 2.11. The Morgan fingerprint density at radius 3 is 2.53 bits per heavy atom. The zero-order chi connectivity index (χ0) is 11.7. The molecule has 1 aliphatic heterocycles. The van der Waals surface area contributed by atoms with Crippen molar-refractivity contribution >= 4 is 11.5 Å². The van der Waals surface area contributed by atoms with Gasteiger partial charge in [0.25, 0.3) is 0 Å². The summed E-state index contributed by atoms with van der Waals surface area (Å²) in [6, 6.07) is 0. The van der Waals surface area contributed by atoms with Crippen molar-refractivity contribution in [2.45, 2.75) is 6.92 Å². The standard InChI is InChI=1S/C12H11N5/c1-10-8-13-11(12-14-9-15-17(10)12)16-6-4-2-3-5-7-16/h2-9H,1H3. The molecule has 2 aromatic heterocycles. The molecule has 3 heterocycles. The van der Waals surface area contributed by atoms with E-state index in [2.05, 4.69) is 15.1 Å². The van der Waals surface area contributed by atoms with Gasteiger partial charge in [-0.2, -0.15) is 5.10 Å². The predicted octanol–water partition coefficient (Wildman–Crippen LogP) is 1.84. The summed E-state index contributed by atoms with van der Waals surface area (Å²) in [6.07, 6.45) is 15.0. The van der Waals surface area contributed by atoms with Crippen LogP contribution in [0.15, 0.2) is 49.2 Å². The second kappa shape index (κ2) is 3.86. The molecule has 1 aliphatic rings. The Balaban J connectivity index is 2.17. The third-order valence-electron chi connectivity index (χ3n) is 2.53. The number of hydrogen-bond donors (Lipinski definition) is 0. The molecule has 2 aromatic rings. The van der Waals surface area contributed by atoms with Crippen LogP contribution in [0.2, 0.25) is 0 Å². The van der Waals surface area contributed by atoms with Crippen molar-refractivity contribution in [3.63, 3.8) is 0 Å². The lowest BCUT2D eigenvalue weighted by Gasteiger charge is -2.14. The van der Waals surface area contributed by atoms with Crippen molar-refractivity contribution in [3.05, 3.63) is 54.9 Å². The lowest BCUT2D eigenvalue weighted by molar-refractivity contribution is 0.895. The first kappa shape index (κ1) is 9.77. The number of fused-ring (bicyclic) bond motifs is 1. The molecule has 5 heteroatoms. The Hall–Kier alpha value is -2.43. The van der Waals surface area contributed by atoms with Crippen molar-refractivity contribution in [1.29, 1.82) is 0 Å². The van der Waals surface area contributed by atoms with Gasteiger partial charge in [-0.25, -0.2) is 14.5 Å². The molecule has 0 fully saturated rings. The fourth-order valence-electron chi connectivity index (χ4n) is 1.71. The summed E-state index contributed by atoms with van der Waals surface area (Å²) < 4.78 is 1.78.